The van der Waals surface area contributed by atoms with Crippen LogP contribution in [0.25, 0.3) is 0 Å². The fourth-order valence-corrected chi connectivity index (χ4v) is 3.65. The van der Waals surface area contributed by atoms with Gasteiger partial charge in [-0.2, -0.15) is 0 Å². The lowest BCUT2D eigenvalue weighted by molar-refractivity contribution is -0.114. The van der Waals surface area contributed by atoms with Crippen molar-refractivity contribution in [2.75, 3.05) is 0 Å². The molecule has 1 aliphatic rings. The smallest absolute Gasteiger partial charge is 0.155 e. The van der Waals surface area contributed by atoms with Gasteiger partial charge < -0.3 is 5.11 Å². The Balaban J connectivity index is 2.26. The lowest BCUT2D eigenvalue weighted by Crippen LogP contribution is -2.20. The molecule has 0 saturated heterocycles. The molecule has 0 aromatic heterocycles. The van der Waals surface area contributed by atoms with Crippen LogP contribution in [0.1, 0.15) is 51.4 Å². The van der Waals surface area contributed by atoms with Gasteiger partial charge in [0, 0.05) is 11.8 Å². The van der Waals surface area contributed by atoms with Gasteiger partial charge >= 0.3 is 0 Å². The van der Waals surface area contributed by atoms with Crippen LogP contribution >= 0.6 is 34.2 Å². The van der Waals surface area contributed by atoms with Gasteiger partial charge in [-0.1, -0.05) is 31.9 Å². The van der Waals surface area contributed by atoms with Crippen LogP contribution in [0.3, 0.4) is 0 Å². The van der Waals surface area contributed by atoms with Crippen LogP contribution in [0.15, 0.2) is 22.3 Å². The maximum absolute atomic E-state index is 11.7. The molecular weight excluding hydrogens is 387 g/mol. The Labute approximate surface area is 140 Å². The standard InChI is InChI=1S/C16H24ClIO2/c1-12(18)11-14(17)7-8-15(19)9-10-16(20)13-5-3-2-4-6-13/h9-10,13-14,16,20H,1-8,11H2/b10-9+. The molecule has 2 unspecified atom stereocenters. The van der Waals surface area contributed by atoms with Crippen molar-refractivity contribution in [2.45, 2.75) is 62.8 Å². The second-order valence-electron chi connectivity index (χ2n) is 5.57. The molecule has 0 spiro atoms. The zero-order valence-corrected chi connectivity index (χ0v) is 14.8. The minimum Gasteiger partial charge on any atom is -0.389 e. The van der Waals surface area contributed by atoms with E-state index in [0.29, 0.717) is 18.8 Å². The first-order valence-electron chi connectivity index (χ1n) is 7.35. The molecule has 1 N–H and O–H groups in total. The molecule has 0 aromatic carbocycles. The minimum atomic E-state index is -0.472. The Morgan fingerprint density at radius 1 is 1.40 bits per heavy atom. The summed E-state index contributed by atoms with van der Waals surface area (Å²) in [5.41, 5.74) is 0. The fourth-order valence-electron chi connectivity index (χ4n) is 2.56. The van der Waals surface area contributed by atoms with Crippen LogP contribution in [0, 0.1) is 5.92 Å². The van der Waals surface area contributed by atoms with E-state index in [1.165, 1.54) is 25.3 Å². The Morgan fingerprint density at radius 2 is 2.05 bits per heavy atom. The summed E-state index contributed by atoms with van der Waals surface area (Å²) < 4.78 is 1.01. The van der Waals surface area contributed by atoms with Crippen molar-refractivity contribution in [1.29, 1.82) is 0 Å². The molecule has 0 heterocycles. The van der Waals surface area contributed by atoms with E-state index in [2.05, 4.69) is 29.2 Å². The maximum Gasteiger partial charge on any atom is 0.155 e. The van der Waals surface area contributed by atoms with Crippen LogP contribution < -0.4 is 0 Å². The van der Waals surface area contributed by atoms with Crippen molar-refractivity contribution < 1.29 is 9.90 Å². The summed E-state index contributed by atoms with van der Waals surface area (Å²) in [7, 11) is 0. The topological polar surface area (TPSA) is 37.3 Å². The summed E-state index contributed by atoms with van der Waals surface area (Å²) in [6, 6.07) is 0. The number of hydrogen-bond donors (Lipinski definition) is 1. The number of hydrogen-bond acceptors (Lipinski definition) is 2. The van der Waals surface area contributed by atoms with E-state index < -0.39 is 6.10 Å². The van der Waals surface area contributed by atoms with E-state index in [1.807, 2.05) is 0 Å². The molecule has 1 rings (SSSR count). The summed E-state index contributed by atoms with van der Waals surface area (Å²) >= 11 is 8.27. The Morgan fingerprint density at radius 3 is 2.65 bits per heavy atom. The number of rotatable bonds is 8. The number of carbonyl (C=O) groups excluding carboxylic acids is 1. The van der Waals surface area contributed by atoms with Crippen molar-refractivity contribution >= 4 is 40.0 Å². The van der Waals surface area contributed by atoms with Gasteiger partial charge in [-0.05, 0) is 63.8 Å². The van der Waals surface area contributed by atoms with E-state index in [1.54, 1.807) is 6.08 Å². The monoisotopic (exact) mass is 410 g/mol. The van der Waals surface area contributed by atoms with Gasteiger partial charge in [0.2, 0.25) is 0 Å². The molecule has 0 bridgehead atoms. The highest BCUT2D eigenvalue weighted by atomic mass is 127. The molecule has 1 fully saturated rings. The average molecular weight is 411 g/mol. The summed E-state index contributed by atoms with van der Waals surface area (Å²) in [6.07, 6.45) is 10.4. The second kappa shape index (κ2) is 9.96. The Hall–Kier alpha value is 0.130. The number of ketones is 1. The van der Waals surface area contributed by atoms with Gasteiger partial charge in [0.1, 0.15) is 0 Å². The Kier molecular flexibility index (Phi) is 9.05. The van der Waals surface area contributed by atoms with Gasteiger partial charge in [-0.3, -0.25) is 4.79 Å². The van der Waals surface area contributed by atoms with Gasteiger partial charge in [-0.15, -0.1) is 11.6 Å². The minimum absolute atomic E-state index is 0.0278. The van der Waals surface area contributed by atoms with Gasteiger partial charge in [0.15, 0.2) is 5.78 Å². The van der Waals surface area contributed by atoms with Crippen LogP contribution in [-0.4, -0.2) is 22.4 Å². The van der Waals surface area contributed by atoms with Crippen LogP contribution in [0.5, 0.6) is 0 Å². The predicted octanol–water partition coefficient (Wildman–Crippen LogP) is 4.78. The van der Waals surface area contributed by atoms with E-state index in [-0.39, 0.29) is 11.2 Å². The molecule has 1 aliphatic carbocycles. The summed E-state index contributed by atoms with van der Waals surface area (Å²) in [6.45, 7) is 3.80. The second-order valence-corrected chi connectivity index (χ2v) is 7.71. The lowest BCUT2D eigenvalue weighted by Gasteiger charge is -2.24. The third-order valence-electron chi connectivity index (χ3n) is 3.76. The van der Waals surface area contributed by atoms with E-state index in [4.69, 9.17) is 11.6 Å². The zero-order chi connectivity index (χ0) is 15.0. The SMILES string of the molecule is C=C(I)CC(Cl)CCC(=O)/C=C/C(O)C1CCCCC1. The van der Waals surface area contributed by atoms with Crippen LogP contribution in [0.4, 0.5) is 0 Å². The van der Waals surface area contributed by atoms with E-state index in [9.17, 15) is 9.90 Å². The third kappa shape index (κ3) is 7.79. The molecule has 0 amide bonds. The summed E-state index contributed by atoms with van der Waals surface area (Å²) in [4.78, 5) is 11.7. The molecule has 1 saturated carbocycles. The first-order chi connectivity index (χ1) is 9.49. The molecule has 20 heavy (non-hydrogen) atoms. The third-order valence-corrected chi connectivity index (χ3v) is 4.57. The quantitative estimate of drug-likeness (QED) is 0.355. The molecule has 114 valence electrons. The number of carbonyl (C=O) groups is 1. The zero-order valence-electron chi connectivity index (χ0n) is 11.9. The van der Waals surface area contributed by atoms with E-state index in [0.717, 1.165) is 22.8 Å². The largest absolute Gasteiger partial charge is 0.389 e. The van der Waals surface area contributed by atoms with Gasteiger partial charge in [-0.25, -0.2) is 0 Å². The van der Waals surface area contributed by atoms with Crippen molar-refractivity contribution in [3.8, 4) is 0 Å². The number of alkyl halides is 1. The highest BCUT2D eigenvalue weighted by Gasteiger charge is 2.19. The van der Waals surface area contributed by atoms with Crippen molar-refractivity contribution in [2.24, 2.45) is 5.92 Å². The number of allylic oxidation sites excluding steroid dienone is 2. The molecule has 0 aliphatic heterocycles. The van der Waals surface area contributed by atoms with Crippen molar-refractivity contribution in [3.63, 3.8) is 0 Å². The molecule has 2 nitrogen and oxygen atoms in total. The van der Waals surface area contributed by atoms with Crippen molar-refractivity contribution in [3.05, 3.63) is 22.3 Å². The molecule has 2 atom stereocenters. The first-order valence-corrected chi connectivity index (χ1v) is 8.87. The Bertz CT molecular complexity index is 348. The number of halogens is 2. The maximum atomic E-state index is 11.7. The molecular formula is C16H24ClIO2. The first kappa shape index (κ1) is 18.2. The molecule has 0 aromatic rings. The fraction of sp³-hybridized carbons (Fsp3) is 0.688. The molecule has 0 radical (unpaired) electrons. The number of aliphatic hydroxyl groups is 1. The highest BCUT2D eigenvalue weighted by molar-refractivity contribution is 14.1. The van der Waals surface area contributed by atoms with Gasteiger partial charge in [0.25, 0.3) is 0 Å². The van der Waals surface area contributed by atoms with E-state index >= 15 is 0 Å². The average Bonchev–Trinajstić information content (AvgIpc) is 2.42. The molecule has 4 heteroatoms. The predicted molar refractivity (Wildman–Crippen MR) is 93.4 cm³/mol. The van der Waals surface area contributed by atoms with Gasteiger partial charge in [0.05, 0.1) is 6.10 Å². The van der Waals surface area contributed by atoms with Crippen molar-refractivity contribution in [1.82, 2.24) is 0 Å². The number of aliphatic hydroxyl groups excluding tert-OH is 1. The lowest BCUT2D eigenvalue weighted by atomic mass is 9.85. The van der Waals surface area contributed by atoms with Crippen LogP contribution in [-0.2, 0) is 4.79 Å². The normalized spacial score (nSPS) is 19.9. The van der Waals surface area contributed by atoms with Crippen LogP contribution in [0.2, 0.25) is 0 Å². The summed E-state index contributed by atoms with van der Waals surface area (Å²) in [5.74, 6) is 0.375. The summed E-state index contributed by atoms with van der Waals surface area (Å²) in [5, 5.41) is 10.0. The highest BCUT2D eigenvalue weighted by Crippen LogP contribution is 2.27.